The number of fused-ring (bicyclic) bond motifs is 4. The van der Waals surface area contributed by atoms with Crippen molar-refractivity contribution in [3.05, 3.63) is 64.4 Å². The minimum absolute atomic E-state index is 0.0411. The number of amides is 4. The van der Waals surface area contributed by atoms with E-state index in [1.165, 1.54) is 18.2 Å². The highest BCUT2D eigenvalue weighted by Gasteiger charge is 2.70. The summed E-state index contributed by atoms with van der Waals surface area (Å²) in [6, 6.07) is 10.00. The molecule has 2 fully saturated rings. The van der Waals surface area contributed by atoms with Gasteiger partial charge in [0.2, 0.25) is 23.6 Å². The van der Waals surface area contributed by atoms with Crippen molar-refractivity contribution in [1.29, 1.82) is 0 Å². The van der Waals surface area contributed by atoms with Crippen LogP contribution >= 0.6 is 11.6 Å². The Hall–Kier alpha value is -3.30. The molecular weight excluding hydrogens is 451 g/mol. The first-order valence-electron chi connectivity index (χ1n) is 10.5. The number of anilines is 1. The van der Waals surface area contributed by atoms with Gasteiger partial charge in [0.1, 0.15) is 11.4 Å². The number of nitrogens with zero attached hydrogens (tertiary/aromatic N) is 1. The molecule has 0 radical (unpaired) electrons. The number of nitrogens with one attached hydrogen (secondary N) is 2. The van der Waals surface area contributed by atoms with Crippen molar-refractivity contribution in [3.63, 3.8) is 0 Å². The van der Waals surface area contributed by atoms with Crippen molar-refractivity contribution >= 4 is 40.9 Å². The number of halogens is 2. The molecule has 33 heavy (non-hydrogen) atoms. The van der Waals surface area contributed by atoms with Gasteiger partial charge >= 0.3 is 0 Å². The molecule has 10 heteroatoms. The predicted molar refractivity (Wildman–Crippen MR) is 116 cm³/mol. The van der Waals surface area contributed by atoms with Gasteiger partial charge in [-0.2, -0.15) is 0 Å². The van der Waals surface area contributed by atoms with Gasteiger partial charge in [-0.1, -0.05) is 29.8 Å². The van der Waals surface area contributed by atoms with Crippen molar-refractivity contribution in [2.75, 3.05) is 5.32 Å². The fraction of sp³-hybridized carbons (Fsp3) is 0.304. The summed E-state index contributed by atoms with van der Waals surface area (Å²) in [6.45, 7) is -0.0550. The molecule has 0 aromatic heterocycles. The highest BCUT2D eigenvalue weighted by Crippen LogP contribution is 2.53. The Morgan fingerprint density at radius 3 is 2.64 bits per heavy atom. The van der Waals surface area contributed by atoms with Crippen molar-refractivity contribution in [3.8, 4) is 0 Å². The summed E-state index contributed by atoms with van der Waals surface area (Å²) in [7, 11) is 0. The second-order valence-electron chi connectivity index (χ2n) is 8.57. The van der Waals surface area contributed by atoms with Gasteiger partial charge in [0.25, 0.3) is 0 Å². The Kier molecular flexibility index (Phi) is 4.98. The number of carbonyl (C=O) groups is 4. The van der Waals surface area contributed by atoms with E-state index in [9.17, 15) is 23.6 Å². The number of primary amides is 1. The van der Waals surface area contributed by atoms with Crippen molar-refractivity contribution in [2.45, 2.75) is 31.0 Å². The van der Waals surface area contributed by atoms with Crippen molar-refractivity contribution in [2.24, 2.45) is 17.6 Å². The summed E-state index contributed by atoms with van der Waals surface area (Å²) in [5.74, 6) is -4.73. The Balaban J connectivity index is 1.60. The van der Waals surface area contributed by atoms with E-state index >= 15 is 0 Å². The van der Waals surface area contributed by atoms with E-state index in [2.05, 4.69) is 10.6 Å². The van der Waals surface area contributed by atoms with Crippen LogP contribution in [0.4, 0.5) is 10.1 Å². The van der Waals surface area contributed by atoms with Crippen LogP contribution in [0.25, 0.3) is 0 Å². The maximum Gasteiger partial charge on any atom is 0.250 e. The molecule has 0 saturated carbocycles. The third kappa shape index (κ3) is 3.14. The molecule has 4 amide bonds. The molecule has 5 rings (SSSR count). The van der Waals surface area contributed by atoms with Crippen molar-refractivity contribution in [1.82, 2.24) is 10.2 Å². The standard InChI is InChI=1S/C23H20ClFN4O4/c24-14-4-2-1-3-11(14)10-29-20(31)18-16(7-8-17(26)30)28-23(19(18)21(29)32)13-9-12(25)5-6-15(13)27-22(23)33/h1-6,9,16,18-19,28H,7-8,10H2,(H2,26,30)(H,27,33)/t16?,18-,19+,23?/m0/s1. The maximum atomic E-state index is 14.2. The fourth-order valence-corrected chi connectivity index (χ4v) is 5.53. The normalized spacial score (nSPS) is 27.8. The van der Waals surface area contributed by atoms with Gasteiger partial charge < -0.3 is 11.1 Å². The lowest BCUT2D eigenvalue weighted by molar-refractivity contribution is -0.143. The van der Waals surface area contributed by atoms with Gasteiger partial charge in [-0.3, -0.25) is 29.4 Å². The molecule has 2 unspecified atom stereocenters. The van der Waals surface area contributed by atoms with Crippen LogP contribution in [-0.4, -0.2) is 34.6 Å². The van der Waals surface area contributed by atoms with Crippen LogP contribution in [0.5, 0.6) is 0 Å². The molecule has 2 aromatic carbocycles. The number of imide groups is 1. The number of likely N-dealkylation sites (tertiary alicyclic amines) is 1. The zero-order valence-corrected chi connectivity index (χ0v) is 18.1. The minimum Gasteiger partial charge on any atom is -0.370 e. The number of carbonyl (C=O) groups excluding carboxylic acids is 4. The van der Waals surface area contributed by atoms with E-state index in [0.29, 0.717) is 16.3 Å². The highest BCUT2D eigenvalue weighted by atomic mass is 35.5. The molecule has 3 aliphatic heterocycles. The molecule has 3 aliphatic rings. The van der Waals surface area contributed by atoms with E-state index in [0.717, 1.165) is 4.90 Å². The lowest BCUT2D eigenvalue weighted by Crippen LogP contribution is -2.53. The quantitative estimate of drug-likeness (QED) is 0.574. The smallest absolute Gasteiger partial charge is 0.250 e. The topological polar surface area (TPSA) is 122 Å². The molecule has 4 N–H and O–H groups in total. The van der Waals surface area contributed by atoms with Crippen molar-refractivity contribution < 1.29 is 23.6 Å². The monoisotopic (exact) mass is 470 g/mol. The third-order valence-electron chi connectivity index (χ3n) is 6.76. The zero-order valence-electron chi connectivity index (χ0n) is 17.3. The van der Waals surface area contributed by atoms with Gasteiger partial charge in [0.05, 0.1) is 18.4 Å². The molecule has 170 valence electrons. The van der Waals surface area contributed by atoms with E-state index in [1.54, 1.807) is 24.3 Å². The Morgan fingerprint density at radius 2 is 1.91 bits per heavy atom. The van der Waals surface area contributed by atoms with Gasteiger partial charge in [-0.05, 0) is 36.2 Å². The molecule has 0 aliphatic carbocycles. The summed E-state index contributed by atoms with van der Waals surface area (Å²) in [5, 5.41) is 6.24. The Labute approximate surface area is 193 Å². The first kappa shape index (κ1) is 21.5. The van der Waals surface area contributed by atoms with Gasteiger partial charge in [-0.25, -0.2) is 4.39 Å². The van der Waals surface area contributed by atoms with Crippen LogP contribution in [-0.2, 0) is 31.3 Å². The summed E-state index contributed by atoms with van der Waals surface area (Å²) < 4.78 is 14.2. The number of nitrogens with two attached hydrogens (primary N) is 1. The van der Waals surface area contributed by atoms with Crippen LogP contribution in [0.15, 0.2) is 42.5 Å². The number of hydrogen-bond acceptors (Lipinski definition) is 5. The van der Waals surface area contributed by atoms with E-state index in [4.69, 9.17) is 17.3 Å². The molecule has 4 atom stereocenters. The van der Waals surface area contributed by atoms with Gasteiger partial charge in [0.15, 0.2) is 0 Å². The second-order valence-corrected chi connectivity index (χ2v) is 8.97. The predicted octanol–water partition coefficient (Wildman–Crippen LogP) is 1.67. The molecule has 8 nitrogen and oxygen atoms in total. The lowest BCUT2D eigenvalue weighted by Gasteiger charge is -2.29. The highest BCUT2D eigenvalue weighted by molar-refractivity contribution is 6.31. The molecule has 0 bridgehead atoms. The summed E-state index contributed by atoms with van der Waals surface area (Å²) >= 11 is 6.24. The third-order valence-corrected chi connectivity index (χ3v) is 7.13. The van der Waals surface area contributed by atoms with Crippen LogP contribution in [0.2, 0.25) is 5.02 Å². The van der Waals surface area contributed by atoms with Crippen LogP contribution < -0.4 is 16.4 Å². The largest absolute Gasteiger partial charge is 0.370 e. The molecule has 1 spiro atoms. The minimum atomic E-state index is -1.63. The molecule has 2 aromatic rings. The zero-order chi connectivity index (χ0) is 23.5. The van der Waals surface area contributed by atoms with E-state index in [1.807, 2.05) is 0 Å². The van der Waals surface area contributed by atoms with E-state index in [-0.39, 0.29) is 24.9 Å². The Bertz CT molecular complexity index is 1220. The van der Waals surface area contributed by atoms with Gasteiger partial charge in [0, 0.05) is 28.7 Å². The fourth-order valence-electron chi connectivity index (χ4n) is 5.33. The number of hydrogen-bond donors (Lipinski definition) is 3. The first-order valence-corrected chi connectivity index (χ1v) is 10.9. The number of benzene rings is 2. The van der Waals surface area contributed by atoms with Crippen LogP contribution in [0.1, 0.15) is 24.0 Å². The van der Waals surface area contributed by atoms with Gasteiger partial charge in [-0.15, -0.1) is 0 Å². The summed E-state index contributed by atoms with van der Waals surface area (Å²) in [5.41, 5.74) is 4.90. The second kappa shape index (κ2) is 7.64. The summed E-state index contributed by atoms with van der Waals surface area (Å²) in [6.07, 6.45) is 0.107. The summed E-state index contributed by atoms with van der Waals surface area (Å²) in [4.78, 5) is 53.0. The average Bonchev–Trinajstić information content (AvgIpc) is 3.34. The lowest BCUT2D eigenvalue weighted by atomic mass is 9.76. The Morgan fingerprint density at radius 1 is 1.15 bits per heavy atom. The first-order chi connectivity index (χ1) is 15.7. The average molecular weight is 471 g/mol. The molecule has 2 saturated heterocycles. The molecular formula is C23H20ClFN4O4. The molecule has 3 heterocycles. The number of rotatable bonds is 5. The SMILES string of the molecule is NC(=O)CCC1NC2(C(=O)Nc3ccc(F)cc32)[C@H]2C(=O)N(Cc3ccccc3Cl)C(=O)[C@@H]12. The maximum absolute atomic E-state index is 14.2. The van der Waals surface area contributed by atoms with Crippen LogP contribution in [0, 0.1) is 17.7 Å². The van der Waals surface area contributed by atoms with E-state index < -0.39 is 52.9 Å². The van der Waals surface area contributed by atoms with Crippen LogP contribution in [0.3, 0.4) is 0 Å².